The SMILES string of the molecule is CN[C@@H]1[C@H](Nc2nc(Nc3csc4ncccc34)c(C(N)=O)cc2F)CCCC1(F)F. The number of aromatic nitrogens is 2. The molecule has 1 amide bonds. The molecule has 164 valence electrons. The van der Waals surface area contributed by atoms with E-state index in [2.05, 4.69) is 25.9 Å². The number of carbonyl (C=O) groups is 1. The van der Waals surface area contributed by atoms with E-state index < -0.39 is 29.7 Å². The lowest BCUT2D eigenvalue weighted by molar-refractivity contribution is -0.0654. The van der Waals surface area contributed by atoms with E-state index >= 15 is 0 Å². The minimum atomic E-state index is -2.93. The van der Waals surface area contributed by atoms with E-state index in [1.54, 1.807) is 17.6 Å². The van der Waals surface area contributed by atoms with Crippen LogP contribution in [0.2, 0.25) is 0 Å². The molecule has 0 aromatic carbocycles. The molecule has 31 heavy (non-hydrogen) atoms. The van der Waals surface area contributed by atoms with Gasteiger partial charge in [-0.05, 0) is 38.1 Å². The summed E-state index contributed by atoms with van der Waals surface area (Å²) >= 11 is 1.39. The molecule has 1 saturated carbocycles. The molecular formula is C20H21F3N6OS. The quantitative estimate of drug-likeness (QED) is 0.455. The number of alkyl halides is 2. The summed E-state index contributed by atoms with van der Waals surface area (Å²) in [4.78, 5) is 21.1. The average Bonchev–Trinajstić information content (AvgIpc) is 3.12. The average molecular weight is 450 g/mol. The van der Waals surface area contributed by atoms with Crippen molar-refractivity contribution < 1.29 is 18.0 Å². The Morgan fingerprint density at radius 3 is 2.90 bits per heavy atom. The molecule has 2 atom stereocenters. The summed E-state index contributed by atoms with van der Waals surface area (Å²) in [5.74, 6) is -4.84. The maximum atomic E-state index is 14.7. The van der Waals surface area contributed by atoms with E-state index in [0.29, 0.717) is 18.5 Å². The number of hydrogen-bond donors (Lipinski definition) is 4. The van der Waals surface area contributed by atoms with Crippen molar-refractivity contribution in [3.8, 4) is 0 Å². The minimum absolute atomic E-state index is 0.0310. The molecular weight excluding hydrogens is 429 g/mol. The number of fused-ring (bicyclic) bond motifs is 1. The first-order valence-electron chi connectivity index (χ1n) is 9.71. The molecule has 1 fully saturated rings. The fourth-order valence-corrected chi connectivity index (χ4v) is 4.73. The lowest BCUT2D eigenvalue weighted by Crippen LogP contribution is -2.56. The van der Waals surface area contributed by atoms with Gasteiger partial charge in [0.1, 0.15) is 10.6 Å². The van der Waals surface area contributed by atoms with Crippen LogP contribution in [0.25, 0.3) is 10.2 Å². The van der Waals surface area contributed by atoms with E-state index in [4.69, 9.17) is 5.73 Å². The van der Waals surface area contributed by atoms with Crippen LogP contribution >= 0.6 is 11.3 Å². The number of nitrogens with one attached hydrogen (secondary N) is 3. The molecule has 3 aromatic heterocycles. The lowest BCUT2D eigenvalue weighted by Gasteiger charge is -2.38. The first kappa shape index (κ1) is 21.3. The highest BCUT2D eigenvalue weighted by Crippen LogP contribution is 2.36. The molecule has 1 aliphatic carbocycles. The molecule has 0 aliphatic heterocycles. The lowest BCUT2D eigenvalue weighted by atomic mass is 9.87. The molecule has 1 aliphatic rings. The van der Waals surface area contributed by atoms with Gasteiger partial charge in [-0.2, -0.15) is 0 Å². The number of nitrogens with zero attached hydrogens (tertiary/aromatic N) is 2. The number of thiophene rings is 1. The van der Waals surface area contributed by atoms with Crippen LogP contribution in [0.4, 0.5) is 30.5 Å². The second kappa shape index (κ2) is 8.31. The zero-order valence-electron chi connectivity index (χ0n) is 16.6. The van der Waals surface area contributed by atoms with Gasteiger partial charge in [0.2, 0.25) is 0 Å². The van der Waals surface area contributed by atoms with Crippen LogP contribution in [-0.2, 0) is 0 Å². The minimum Gasteiger partial charge on any atom is -0.365 e. The summed E-state index contributed by atoms with van der Waals surface area (Å²) in [5, 5.41) is 11.0. The summed E-state index contributed by atoms with van der Waals surface area (Å²) in [6, 6.07) is 2.65. The molecule has 3 aromatic rings. The maximum Gasteiger partial charge on any atom is 0.265 e. The van der Waals surface area contributed by atoms with Crippen molar-refractivity contribution in [1.82, 2.24) is 15.3 Å². The molecule has 0 spiro atoms. The number of hydrogen-bond acceptors (Lipinski definition) is 7. The van der Waals surface area contributed by atoms with Gasteiger partial charge in [-0.25, -0.2) is 23.1 Å². The maximum absolute atomic E-state index is 14.7. The van der Waals surface area contributed by atoms with E-state index in [0.717, 1.165) is 16.3 Å². The fraction of sp³-hybridized carbons (Fsp3) is 0.350. The number of primary amides is 1. The van der Waals surface area contributed by atoms with Crippen LogP contribution in [0.5, 0.6) is 0 Å². The molecule has 7 nitrogen and oxygen atoms in total. The zero-order valence-corrected chi connectivity index (χ0v) is 17.4. The number of pyridine rings is 2. The summed E-state index contributed by atoms with van der Waals surface area (Å²) in [7, 11) is 1.45. The zero-order chi connectivity index (χ0) is 22.2. The topological polar surface area (TPSA) is 105 Å². The molecule has 5 N–H and O–H groups in total. The first-order chi connectivity index (χ1) is 14.8. The molecule has 0 bridgehead atoms. The molecule has 11 heteroatoms. The van der Waals surface area contributed by atoms with Crippen LogP contribution in [0, 0.1) is 5.82 Å². The Hall–Kier alpha value is -2.92. The van der Waals surface area contributed by atoms with Gasteiger partial charge in [0, 0.05) is 29.4 Å². The van der Waals surface area contributed by atoms with Gasteiger partial charge in [0.25, 0.3) is 11.8 Å². The van der Waals surface area contributed by atoms with Crippen LogP contribution in [0.3, 0.4) is 0 Å². The molecule has 4 rings (SSSR count). The van der Waals surface area contributed by atoms with Gasteiger partial charge in [-0.1, -0.05) is 0 Å². The highest BCUT2D eigenvalue weighted by molar-refractivity contribution is 7.17. The summed E-state index contributed by atoms with van der Waals surface area (Å²) < 4.78 is 43.3. The first-order valence-corrected chi connectivity index (χ1v) is 10.6. The van der Waals surface area contributed by atoms with E-state index in [1.807, 2.05) is 6.07 Å². The Labute approximate surface area is 180 Å². The van der Waals surface area contributed by atoms with Crippen molar-refractivity contribution in [2.24, 2.45) is 5.73 Å². The normalized spacial score (nSPS) is 20.5. The standard InChI is InChI=1S/C20H21F3N6OS/c1-25-15-13(5-2-6-20(15,22)23)27-18-12(21)8-11(16(24)30)17(29-18)28-14-9-31-19-10(14)4-3-7-26-19/h3-4,7-9,13,15,25H,2,5-6H2,1H3,(H2,24,30)(H2,27,28,29)/t13-,15-/m1/s1. The largest absolute Gasteiger partial charge is 0.365 e. The Balaban J connectivity index is 1.69. The van der Waals surface area contributed by atoms with Crippen molar-refractivity contribution in [1.29, 1.82) is 0 Å². The van der Waals surface area contributed by atoms with Gasteiger partial charge < -0.3 is 21.7 Å². The summed E-state index contributed by atoms with van der Waals surface area (Å²) in [5.41, 5.74) is 5.89. The van der Waals surface area contributed by atoms with E-state index in [1.165, 1.54) is 18.4 Å². The van der Waals surface area contributed by atoms with Gasteiger partial charge in [0.15, 0.2) is 11.6 Å². The third kappa shape index (κ3) is 4.15. The van der Waals surface area contributed by atoms with E-state index in [9.17, 15) is 18.0 Å². The summed E-state index contributed by atoms with van der Waals surface area (Å²) in [6.07, 6.45) is 2.14. The molecule has 0 radical (unpaired) electrons. The molecule has 0 unspecified atom stereocenters. The third-order valence-electron chi connectivity index (χ3n) is 5.36. The number of likely N-dealkylation sites (N-methyl/N-ethyl adjacent to an activating group) is 1. The second-order valence-corrected chi connectivity index (χ2v) is 8.24. The number of amides is 1. The van der Waals surface area contributed by atoms with Crippen molar-refractivity contribution in [2.45, 2.75) is 37.3 Å². The highest BCUT2D eigenvalue weighted by Gasteiger charge is 2.46. The van der Waals surface area contributed by atoms with Gasteiger partial charge in [-0.15, -0.1) is 11.3 Å². The van der Waals surface area contributed by atoms with Crippen molar-refractivity contribution in [2.75, 3.05) is 17.7 Å². The predicted octanol–water partition coefficient (Wildman–Crippen LogP) is 3.86. The van der Waals surface area contributed by atoms with Gasteiger partial charge >= 0.3 is 0 Å². The van der Waals surface area contributed by atoms with Crippen molar-refractivity contribution in [3.63, 3.8) is 0 Å². The van der Waals surface area contributed by atoms with Crippen molar-refractivity contribution in [3.05, 3.63) is 41.2 Å². The van der Waals surface area contributed by atoms with Crippen LogP contribution in [0.1, 0.15) is 29.6 Å². The van der Waals surface area contributed by atoms with Gasteiger partial charge in [0.05, 0.1) is 17.3 Å². The number of anilines is 3. The van der Waals surface area contributed by atoms with Crippen molar-refractivity contribution >= 4 is 44.8 Å². The number of carbonyl (C=O) groups excluding carboxylic acids is 1. The Morgan fingerprint density at radius 2 is 2.16 bits per heavy atom. The highest BCUT2D eigenvalue weighted by atomic mass is 32.1. The predicted molar refractivity (Wildman–Crippen MR) is 115 cm³/mol. The number of rotatable bonds is 6. The second-order valence-electron chi connectivity index (χ2n) is 7.38. The van der Waals surface area contributed by atoms with E-state index in [-0.39, 0.29) is 23.6 Å². The molecule has 3 heterocycles. The smallest absolute Gasteiger partial charge is 0.265 e. The van der Waals surface area contributed by atoms with Crippen LogP contribution in [-0.4, -0.2) is 40.9 Å². The summed E-state index contributed by atoms with van der Waals surface area (Å²) in [6.45, 7) is 0. The Morgan fingerprint density at radius 1 is 1.35 bits per heavy atom. The monoisotopic (exact) mass is 450 g/mol. The Bertz CT molecular complexity index is 1120. The number of nitrogens with two attached hydrogens (primary N) is 1. The van der Waals surface area contributed by atoms with Crippen LogP contribution in [0.15, 0.2) is 29.8 Å². The fourth-order valence-electron chi connectivity index (χ4n) is 3.88. The third-order valence-corrected chi connectivity index (χ3v) is 6.26. The van der Waals surface area contributed by atoms with Gasteiger partial charge in [-0.3, -0.25) is 4.79 Å². The molecule has 0 saturated heterocycles. The number of halogens is 3. The van der Waals surface area contributed by atoms with Crippen LogP contribution < -0.4 is 21.7 Å². The Kier molecular flexibility index (Phi) is 5.71.